The molecule has 0 aliphatic rings. The lowest BCUT2D eigenvalue weighted by Gasteiger charge is -2.11. The predicted molar refractivity (Wildman–Crippen MR) is 137 cm³/mol. The number of aliphatic imine (C=N–C) groups is 1. The summed E-state index contributed by atoms with van der Waals surface area (Å²) in [4.78, 5) is 14.8. The van der Waals surface area contributed by atoms with E-state index in [4.69, 9.17) is 22.7 Å². The molecule has 188 valence electrons. The van der Waals surface area contributed by atoms with Crippen LogP contribution in [-0.2, 0) is 6.61 Å². The molecule has 0 fully saturated rings. The molecule has 10 heteroatoms. The number of hydrogen-bond donors (Lipinski definition) is 0. The van der Waals surface area contributed by atoms with Crippen molar-refractivity contribution in [3.8, 4) is 40.4 Å². The summed E-state index contributed by atoms with van der Waals surface area (Å²) in [5.41, 5.74) is 2.11. The normalized spacial score (nSPS) is 10.9. The van der Waals surface area contributed by atoms with Crippen LogP contribution in [0, 0.1) is 21.4 Å². The first-order chi connectivity index (χ1) is 18.6. The summed E-state index contributed by atoms with van der Waals surface area (Å²) in [6, 6.07) is 20.4. The monoisotopic (exact) mass is 509 g/mol. The lowest BCUT2D eigenvalue weighted by Crippen LogP contribution is -1.99. The van der Waals surface area contributed by atoms with E-state index in [1.165, 1.54) is 31.8 Å². The van der Waals surface area contributed by atoms with Gasteiger partial charge in [0.25, 0.3) is 5.69 Å². The molecule has 3 aromatic heterocycles. The first-order valence-corrected chi connectivity index (χ1v) is 11.3. The van der Waals surface area contributed by atoms with Gasteiger partial charge in [0.15, 0.2) is 23.0 Å². The fourth-order valence-electron chi connectivity index (χ4n) is 3.74. The van der Waals surface area contributed by atoms with E-state index >= 15 is 0 Å². The Balaban J connectivity index is 1.39. The van der Waals surface area contributed by atoms with E-state index in [1.54, 1.807) is 60.8 Å². The highest BCUT2D eigenvalue weighted by molar-refractivity contribution is 5.88. The highest BCUT2D eigenvalue weighted by Crippen LogP contribution is 2.43. The fraction of sp³-hybridized carbons (Fsp3) is 0.0714. The van der Waals surface area contributed by atoms with Gasteiger partial charge in [-0.15, -0.1) is 0 Å². The second-order valence-corrected chi connectivity index (χ2v) is 7.93. The number of hydrogen-bond acceptors (Lipinski definition) is 9. The molecule has 0 aliphatic heterocycles. The van der Waals surface area contributed by atoms with E-state index in [1.807, 2.05) is 0 Å². The number of rotatable bonds is 9. The number of benzene rings is 2. The van der Waals surface area contributed by atoms with Gasteiger partial charge in [-0.1, -0.05) is 0 Å². The van der Waals surface area contributed by atoms with Crippen LogP contribution in [-0.4, -0.2) is 18.2 Å². The first kappa shape index (κ1) is 24.1. The van der Waals surface area contributed by atoms with E-state index in [0.717, 1.165) is 5.56 Å². The Labute approximate surface area is 216 Å². The van der Waals surface area contributed by atoms with Crippen molar-refractivity contribution < 1.29 is 27.6 Å². The third kappa shape index (κ3) is 4.89. The molecule has 0 N–H and O–H groups in total. The number of furan rings is 3. The van der Waals surface area contributed by atoms with Crippen LogP contribution >= 0.6 is 0 Å². The van der Waals surface area contributed by atoms with E-state index in [2.05, 4.69) is 11.1 Å². The summed E-state index contributed by atoms with van der Waals surface area (Å²) in [5, 5.41) is 20.7. The van der Waals surface area contributed by atoms with Crippen molar-refractivity contribution in [2.24, 2.45) is 4.99 Å². The number of methoxy groups -OCH3 is 1. The van der Waals surface area contributed by atoms with Crippen LogP contribution in [0.3, 0.4) is 0 Å². The second-order valence-electron chi connectivity index (χ2n) is 7.93. The van der Waals surface area contributed by atoms with Gasteiger partial charge in [-0.25, -0.2) is 4.99 Å². The number of ether oxygens (including phenoxy) is 2. The van der Waals surface area contributed by atoms with Crippen LogP contribution in [0.2, 0.25) is 0 Å². The van der Waals surface area contributed by atoms with Crippen molar-refractivity contribution in [2.45, 2.75) is 6.61 Å². The summed E-state index contributed by atoms with van der Waals surface area (Å²) >= 11 is 0. The third-order valence-corrected chi connectivity index (χ3v) is 5.57. The smallest absolute Gasteiger partial charge is 0.269 e. The molecule has 0 saturated carbocycles. The summed E-state index contributed by atoms with van der Waals surface area (Å²) in [5.74, 6) is 2.27. The maximum Gasteiger partial charge on any atom is 0.269 e. The van der Waals surface area contributed by atoms with Gasteiger partial charge in [-0.3, -0.25) is 10.1 Å². The van der Waals surface area contributed by atoms with Gasteiger partial charge in [-0.05, 0) is 65.7 Å². The summed E-state index contributed by atoms with van der Waals surface area (Å²) in [6.45, 7) is 0.199. The lowest BCUT2D eigenvalue weighted by molar-refractivity contribution is -0.384. The van der Waals surface area contributed by atoms with Gasteiger partial charge in [0.05, 0.1) is 30.1 Å². The Morgan fingerprint density at radius 2 is 1.76 bits per heavy atom. The molecular weight excluding hydrogens is 490 g/mol. The van der Waals surface area contributed by atoms with Crippen molar-refractivity contribution in [2.75, 3.05) is 7.11 Å². The molecule has 0 spiro atoms. The quantitative estimate of drug-likeness (QED) is 0.119. The minimum Gasteiger partial charge on any atom is -0.493 e. The van der Waals surface area contributed by atoms with Crippen molar-refractivity contribution >= 4 is 17.8 Å². The lowest BCUT2D eigenvalue weighted by atomic mass is 10.1. The van der Waals surface area contributed by atoms with Gasteiger partial charge < -0.3 is 22.7 Å². The van der Waals surface area contributed by atoms with Gasteiger partial charge in [0.2, 0.25) is 5.88 Å². The molecule has 0 unspecified atom stereocenters. The van der Waals surface area contributed by atoms with Crippen LogP contribution in [0.15, 0.2) is 97.5 Å². The number of nitriles is 1. The topological polar surface area (TPSA) is 137 Å². The molecular formula is C28H19N3O7. The number of nitro benzene ring substituents is 1. The molecule has 10 nitrogen and oxygen atoms in total. The largest absolute Gasteiger partial charge is 0.493 e. The molecule has 0 aliphatic carbocycles. The SMILES string of the molecule is COc1cc(C=Nc2oc(-c3ccco3)c(-c3ccco3)c2C#N)ccc1OCc1ccc([N+](=O)[O-])cc1. The molecule has 0 atom stereocenters. The Morgan fingerprint density at radius 1 is 1.03 bits per heavy atom. The van der Waals surface area contributed by atoms with E-state index < -0.39 is 4.92 Å². The highest BCUT2D eigenvalue weighted by Gasteiger charge is 2.26. The molecule has 5 rings (SSSR count). The summed E-state index contributed by atoms with van der Waals surface area (Å²) < 4.78 is 28.3. The van der Waals surface area contributed by atoms with Crippen LogP contribution in [0.5, 0.6) is 11.5 Å². The zero-order valence-electron chi connectivity index (χ0n) is 20.0. The average Bonchev–Trinajstić information content (AvgIpc) is 3.71. The molecule has 0 radical (unpaired) electrons. The standard InChI is InChI=1S/C28H19N3O7/c1-34-25-14-19(8-11-22(25)37-17-18-6-9-20(10-7-18)31(32)33)16-30-28-21(15-29)26(23-4-2-12-35-23)27(38-28)24-5-3-13-36-24/h2-14,16H,17H2,1H3. The minimum absolute atomic E-state index is 0.0126. The molecule has 2 aromatic carbocycles. The molecule has 5 aromatic rings. The van der Waals surface area contributed by atoms with Crippen LogP contribution in [0.25, 0.3) is 22.8 Å². The van der Waals surface area contributed by atoms with Crippen molar-refractivity contribution in [1.82, 2.24) is 0 Å². The van der Waals surface area contributed by atoms with Gasteiger partial charge in [0, 0.05) is 18.3 Å². The van der Waals surface area contributed by atoms with Crippen LogP contribution in [0.4, 0.5) is 11.6 Å². The summed E-state index contributed by atoms with van der Waals surface area (Å²) in [7, 11) is 1.51. The Hall–Kier alpha value is -5.56. The van der Waals surface area contributed by atoms with Gasteiger partial charge in [-0.2, -0.15) is 5.26 Å². The van der Waals surface area contributed by atoms with Crippen molar-refractivity contribution in [3.63, 3.8) is 0 Å². The zero-order chi connectivity index (χ0) is 26.5. The third-order valence-electron chi connectivity index (χ3n) is 5.57. The molecule has 0 bridgehead atoms. The number of nitrogens with zero attached hydrogens (tertiary/aromatic N) is 3. The van der Waals surface area contributed by atoms with Crippen LogP contribution in [0.1, 0.15) is 16.7 Å². The van der Waals surface area contributed by atoms with Crippen LogP contribution < -0.4 is 9.47 Å². The van der Waals surface area contributed by atoms with E-state index in [0.29, 0.717) is 39.9 Å². The van der Waals surface area contributed by atoms with Crippen molar-refractivity contribution in [3.05, 3.63) is 106 Å². The molecule has 38 heavy (non-hydrogen) atoms. The Kier molecular flexibility index (Phi) is 6.73. The number of non-ortho nitro benzene ring substituents is 1. The average molecular weight is 509 g/mol. The Bertz CT molecular complexity index is 1630. The zero-order valence-corrected chi connectivity index (χ0v) is 20.0. The first-order valence-electron chi connectivity index (χ1n) is 11.3. The maximum absolute atomic E-state index is 10.8. The predicted octanol–water partition coefficient (Wildman–Crippen LogP) is 6.92. The maximum atomic E-state index is 10.8. The van der Waals surface area contributed by atoms with Gasteiger partial charge in [0.1, 0.15) is 24.0 Å². The van der Waals surface area contributed by atoms with Crippen molar-refractivity contribution in [1.29, 1.82) is 5.26 Å². The fourth-order valence-corrected chi connectivity index (χ4v) is 3.74. The Morgan fingerprint density at radius 3 is 2.39 bits per heavy atom. The molecule has 3 heterocycles. The highest BCUT2D eigenvalue weighted by atomic mass is 16.6. The molecule has 0 saturated heterocycles. The van der Waals surface area contributed by atoms with E-state index in [9.17, 15) is 15.4 Å². The second kappa shape index (κ2) is 10.6. The minimum atomic E-state index is -0.453. The molecule has 0 amide bonds. The summed E-state index contributed by atoms with van der Waals surface area (Å²) in [6.07, 6.45) is 4.56. The van der Waals surface area contributed by atoms with E-state index in [-0.39, 0.29) is 23.7 Å². The van der Waals surface area contributed by atoms with Gasteiger partial charge >= 0.3 is 0 Å². The number of nitro groups is 1.